The molecule has 3 atom stereocenters. The third-order valence-corrected chi connectivity index (χ3v) is 6.66. The fourth-order valence-corrected chi connectivity index (χ4v) is 5.51. The number of sulfonamides is 1. The molecule has 2 fully saturated rings. The van der Waals surface area contributed by atoms with Gasteiger partial charge in [0.1, 0.15) is 22.7 Å². The van der Waals surface area contributed by atoms with Crippen LogP contribution in [0.3, 0.4) is 0 Å². The van der Waals surface area contributed by atoms with Gasteiger partial charge < -0.3 is 5.11 Å². The molecule has 8 heteroatoms. The highest BCUT2D eigenvalue weighted by molar-refractivity contribution is 7.89. The normalized spacial score (nSPS) is 28.0. The van der Waals surface area contributed by atoms with E-state index in [4.69, 9.17) is 5.26 Å². The lowest BCUT2D eigenvalue weighted by molar-refractivity contribution is -0.141. The van der Waals surface area contributed by atoms with Crippen molar-refractivity contribution in [2.75, 3.05) is 0 Å². The van der Waals surface area contributed by atoms with Gasteiger partial charge in [0, 0.05) is 12.2 Å². The lowest BCUT2D eigenvalue weighted by atomic mass is 9.85. The number of nitriles is 1. The van der Waals surface area contributed by atoms with E-state index in [-0.39, 0.29) is 22.5 Å². The van der Waals surface area contributed by atoms with Crippen LogP contribution in [0.4, 0.5) is 0 Å². The predicted molar refractivity (Wildman–Crippen MR) is 79.8 cm³/mol. The maximum Gasteiger partial charge on any atom is 0.322 e. The number of carbonyl (C=O) groups is 1. The number of rotatable bonds is 3. The predicted octanol–water partition coefficient (Wildman–Crippen LogP) is 1.36. The number of hydrogen-bond donors (Lipinski definition) is 1. The summed E-state index contributed by atoms with van der Waals surface area (Å²) in [5.74, 6) is -1.00. The molecule has 1 N–H and O–H groups in total. The molecule has 1 aromatic heterocycles. The van der Waals surface area contributed by atoms with Gasteiger partial charge in [-0.3, -0.25) is 4.79 Å². The van der Waals surface area contributed by atoms with Crippen LogP contribution in [0.5, 0.6) is 0 Å². The number of carboxylic acid groups (broad SMARTS) is 1. The lowest BCUT2D eigenvalue weighted by Gasteiger charge is -2.32. The number of nitrogens with zero attached hydrogens (tertiary/aromatic N) is 3. The summed E-state index contributed by atoms with van der Waals surface area (Å²) in [6, 6.07) is 3.20. The minimum atomic E-state index is -3.95. The molecular formula is C15H17N3O4S. The maximum absolute atomic E-state index is 12.9. The van der Waals surface area contributed by atoms with Gasteiger partial charge in [-0.25, -0.2) is 13.4 Å². The van der Waals surface area contributed by atoms with Crippen molar-refractivity contribution in [1.82, 2.24) is 9.29 Å². The van der Waals surface area contributed by atoms with Crippen LogP contribution in [0.2, 0.25) is 0 Å². The molecular weight excluding hydrogens is 318 g/mol. The van der Waals surface area contributed by atoms with Crippen LogP contribution >= 0.6 is 0 Å². The second-order valence-corrected chi connectivity index (χ2v) is 7.87. The van der Waals surface area contributed by atoms with Gasteiger partial charge >= 0.3 is 5.97 Å². The van der Waals surface area contributed by atoms with Crippen molar-refractivity contribution in [3.63, 3.8) is 0 Å². The zero-order valence-electron chi connectivity index (χ0n) is 12.4. The average molecular weight is 335 g/mol. The highest BCUT2D eigenvalue weighted by atomic mass is 32.2. The Bertz CT molecular complexity index is 754. The van der Waals surface area contributed by atoms with E-state index in [2.05, 4.69) is 4.98 Å². The van der Waals surface area contributed by atoms with E-state index in [1.807, 2.05) is 6.07 Å². The topological polar surface area (TPSA) is 111 Å². The second-order valence-electron chi connectivity index (χ2n) is 6.03. The third-order valence-electron chi connectivity index (χ3n) is 4.74. The standard InChI is InChI=1S/C15H17N3O4S/c16-8-11-5-6-12(9-17-11)23(21,22)18-13-4-2-1-3-10(13)7-14(18)15(19)20/h5-6,9-10,13-14H,1-4,7H2,(H,19,20). The Kier molecular flexibility index (Phi) is 4.08. The number of aromatic nitrogens is 1. The van der Waals surface area contributed by atoms with Gasteiger partial charge in [0.25, 0.3) is 0 Å². The molecule has 7 nitrogen and oxygen atoms in total. The molecule has 1 saturated heterocycles. The van der Waals surface area contributed by atoms with Gasteiger partial charge in [0.05, 0.1) is 0 Å². The highest BCUT2D eigenvalue weighted by Crippen LogP contribution is 2.42. The molecule has 2 aliphatic rings. The van der Waals surface area contributed by atoms with Gasteiger partial charge in [0.15, 0.2) is 0 Å². The molecule has 3 unspecified atom stereocenters. The fraction of sp³-hybridized carbons (Fsp3) is 0.533. The zero-order valence-corrected chi connectivity index (χ0v) is 13.2. The van der Waals surface area contributed by atoms with E-state index in [0.29, 0.717) is 12.8 Å². The number of fused-ring (bicyclic) bond motifs is 1. The second kappa shape index (κ2) is 5.91. The molecule has 3 rings (SSSR count). The summed E-state index contributed by atoms with van der Waals surface area (Å²) in [5.41, 5.74) is 0.121. The number of hydrogen-bond acceptors (Lipinski definition) is 5. The zero-order chi connectivity index (χ0) is 16.6. The molecule has 1 aliphatic carbocycles. The van der Waals surface area contributed by atoms with Gasteiger partial charge in [-0.05, 0) is 37.3 Å². The minimum absolute atomic E-state index is 0.0611. The van der Waals surface area contributed by atoms with Crippen LogP contribution in [0, 0.1) is 17.2 Å². The monoisotopic (exact) mass is 335 g/mol. The summed E-state index contributed by atoms with van der Waals surface area (Å²) in [7, 11) is -3.95. The summed E-state index contributed by atoms with van der Waals surface area (Å²) in [4.78, 5) is 15.3. The first-order valence-electron chi connectivity index (χ1n) is 7.57. The van der Waals surface area contributed by atoms with E-state index in [0.717, 1.165) is 25.5 Å². The smallest absolute Gasteiger partial charge is 0.322 e. The van der Waals surface area contributed by atoms with E-state index < -0.39 is 22.0 Å². The van der Waals surface area contributed by atoms with E-state index in [1.165, 1.54) is 16.4 Å². The van der Waals surface area contributed by atoms with Crippen LogP contribution in [-0.2, 0) is 14.8 Å². The Balaban J connectivity index is 2.01. The van der Waals surface area contributed by atoms with Gasteiger partial charge in [-0.1, -0.05) is 12.8 Å². The Morgan fingerprint density at radius 1 is 1.35 bits per heavy atom. The molecule has 23 heavy (non-hydrogen) atoms. The van der Waals surface area contributed by atoms with Crippen molar-refractivity contribution in [2.45, 2.75) is 49.1 Å². The summed E-state index contributed by atoms with van der Waals surface area (Å²) in [5, 5.41) is 18.2. The van der Waals surface area contributed by atoms with E-state index in [9.17, 15) is 18.3 Å². The van der Waals surface area contributed by atoms with Crippen molar-refractivity contribution >= 4 is 16.0 Å². The highest BCUT2D eigenvalue weighted by Gasteiger charge is 2.51. The maximum atomic E-state index is 12.9. The van der Waals surface area contributed by atoms with Crippen LogP contribution in [0.1, 0.15) is 37.8 Å². The summed E-state index contributed by atoms with van der Waals surface area (Å²) in [6.45, 7) is 0. The molecule has 1 saturated carbocycles. The quantitative estimate of drug-likeness (QED) is 0.892. The molecule has 122 valence electrons. The SMILES string of the molecule is N#Cc1ccc(S(=O)(=O)N2C(C(=O)O)CC3CCCCC32)cn1. The molecule has 0 aromatic carbocycles. The molecule has 0 spiro atoms. The minimum Gasteiger partial charge on any atom is -0.480 e. The molecule has 0 amide bonds. The fourth-order valence-electron chi connectivity index (χ4n) is 3.70. The Morgan fingerprint density at radius 2 is 2.09 bits per heavy atom. The molecule has 1 aliphatic heterocycles. The molecule has 2 heterocycles. The summed E-state index contributed by atoms with van der Waals surface area (Å²) in [6.07, 6.45) is 4.97. The first kappa shape index (κ1) is 15.9. The number of pyridine rings is 1. The average Bonchev–Trinajstić information content (AvgIpc) is 2.95. The van der Waals surface area contributed by atoms with E-state index in [1.54, 1.807) is 0 Å². The van der Waals surface area contributed by atoms with Crippen molar-refractivity contribution < 1.29 is 18.3 Å². The Hall–Kier alpha value is -1.98. The summed E-state index contributed by atoms with van der Waals surface area (Å²) < 4.78 is 27.1. The molecule has 0 bridgehead atoms. The van der Waals surface area contributed by atoms with Crippen molar-refractivity contribution in [1.29, 1.82) is 5.26 Å². The number of carboxylic acids is 1. The molecule has 1 aromatic rings. The summed E-state index contributed by atoms with van der Waals surface area (Å²) >= 11 is 0. The van der Waals surface area contributed by atoms with Gasteiger partial charge in [0.2, 0.25) is 10.0 Å². The van der Waals surface area contributed by atoms with Crippen LogP contribution in [-0.4, -0.2) is 40.9 Å². The number of aliphatic carboxylic acids is 1. The van der Waals surface area contributed by atoms with Crippen molar-refractivity contribution in [3.05, 3.63) is 24.0 Å². The van der Waals surface area contributed by atoms with Crippen molar-refractivity contribution in [3.8, 4) is 6.07 Å². The van der Waals surface area contributed by atoms with Gasteiger partial charge in [-0.2, -0.15) is 9.57 Å². The van der Waals surface area contributed by atoms with Crippen molar-refractivity contribution in [2.24, 2.45) is 5.92 Å². The van der Waals surface area contributed by atoms with Crippen LogP contribution in [0.15, 0.2) is 23.2 Å². The van der Waals surface area contributed by atoms with E-state index >= 15 is 0 Å². The lowest BCUT2D eigenvalue weighted by Crippen LogP contribution is -2.46. The van der Waals surface area contributed by atoms with Gasteiger partial charge in [-0.15, -0.1) is 0 Å². The Morgan fingerprint density at radius 3 is 2.70 bits per heavy atom. The first-order valence-corrected chi connectivity index (χ1v) is 9.01. The largest absolute Gasteiger partial charge is 0.480 e. The first-order chi connectivity index (χ1) is 10.9. The third kappa shape index (κ3) is 2.71. The Labute approximate surface area is 134 Å². The van der Waals surface area contributed by atoms with Crippen LogP contribution < -0.4 is 0 Å². The van der Waals surface area contributed by atoms with Crippen LogP contribution in [0.25, 0.3) is 0 Å². The molecule has 0 radical (unpaired) electrons.